The highest BCUT2D eigenvalue weighted by Gasteiger charge is 2.06. The van der Waals surface area contributed by atoms with Crippen molar-refractivity contribution in [2.24, 2.45) is 0 Å². The first-order valence-corrected chi connectivity index (χ1v) is 6.01. The molecule has 1 rings (SSSR count). The van der Waals surface area contributed by atoms with Crippen molar-refractivity contribution in [2.75, 3.05) is 14.1 Å². The van der Waals surface area contributed by atoms with Crippen LogP contribution in [0.5, 0.6) is 0 Å². The van der Waals surface area contributed by atoms with Crippen molar-refractivity contribution in [1.29, 1.82) is 0 Å². The van der Waals surface area contributed by atoms with Crippen LogP contribution in [0.1, 0.15) is 6.92 Å². The van der Waals surface area contributed by atoms with E-state index in [4.69, 9.17) is 11.6 Å². The number of hydrogen-bond acceptors (Lipinski definition) is 3. The van der Waals surface area contributed by atoms with Crippen molar-refractivity contribution in [3.8, 4) is 0 Å². The number of thioether (sulfide) groups is 1. The highest BCUT2D eigenvalue weighted by Crippen LogP contribution is 2.28. The number of halogens is 1. The average molecular weight is 256 g/mol. The first-order valence-electron chi connectivity index (χ1n) is 4.81. The predicted molar refractivity (Wildman–Crippen MR) is 69.8 cm³/mol. The zero-order chi connectivity index (χ0) is 12.1. The second kappa shape index (κ2) is 5.97. The molecule has 0 amide bonds. The second-order valence-corrected chi connectivity index (χ2v) is 5.12. The predicted octanol–water partition coefficient (Wildman–Crippen LogP) is 3.42. The molecule has 86 valence electrons. The van der Waals surface area contributed by atoms with Crippen LogP contribution in [-0.4, -0.2) is 24.8 Å². The Balaban J connectivity index is 2.84. The fraction of sp³-hybridized carbons (Fsp3) is 0.250. The number of benzene rings is 1. The summed E-state index contributed by atoms with van der Waals surface area (Å²) in [7, 11) is 3.79. The summed E-state index contributed by atoms with van der Waals surface area (Å²) in [6.45, 7) is 1.57. The summed E-state index contributed by atoms with van der Waals surface area (Å²) in [5.74, 6) is 0.0636. The largest absolute Gasteiger partial charge is 0.382 e. The molecule has 0 N–H and O–H groups in total. The first kappa shape index (κ1) is 13.1. The Bertz CT molecular complexity index is 398. The zero-order valence-corrected chi connectivity index (χ0v) is 11.1. The SMILES string of the molecule is CC(=O)C(=CN(C)C)Sc1ccc(Cl)cc1. The van der Waals surface area contributed by atoms with Crippen molar-refractivity contribution in [3.63, 3.8) is 0 Å². The van der Waals surface area contributed by atoms with Gasteiger partial charge in [-0.3, -0.25) is 4.79 Å². The maximum Gasteiger partial charge on any atom is 0.167 e. The molecule has 0 aromatic heterocycles. The lowest BCUT2D eigenvalue weighted by Gasteiger charge is -2.09. The number of carbonyl (C=O) groups excluding carboxylic acids is 1. The lowest BCUT2D eigenvalue weighted by atomic mass is 10.4. The molecule has 0 aliphatic heterocycles. The molecule has 0 aliphatic carbocycles. The van der Waals surface area contributed by atoms with Gasteiger partial charge >= 0.3 is 0 Å². The smallest absolute Gasteiger partial charge is 0.167 e. The van der Waals surface area contributed by atoms with E-state index in [1.165, 1.54) is 11.8 Å². The summed E-state index contributed by atoms with van der Waals surface area (Å²) in [5, 5.41) is 0.699. The lowest BCUT2D eigenvalue weighted by Crippen LogP contribution is -2.05. The molecule has 0 radical (unpaired) electrons. The quantitative estimate of drug-likeness (QED) is 0.607. The highest BCUT2D eigenvalue weighted by molar-refractivity contribution is 8.04. The molecule has 0 saturated heterocycles. The van der Waals surface area contributed by atoms with Crippen molar-refractivity contribution in [1.82, 2.24) is 4.90 Å². The third-order valence-electron chi connectivity index (χ3n) is 1.76. The van der Waals surface area contributed by atoms with E-state index in [9.17, 15) is 4.79 Å². The van der Waals surface area contributed by atoms with Gasteiger partial charge in [0.15, 0.2) is 5.78 Å². The number of Topliss-reactive ketones (excluding diaryl/α,β-unsaturated/α-hetero) is 1. The minimum Gasteiger partial charge on any atom is -0.382 e. The third kappa shape index (κ3) is 4.29. The van der Waals surface area contributed by atoms with Gasteiger partial charge in [-0.15, -0.1) is 0 Å². The minimum atomic E-state index is 0.0636. The molecule has 0 heterocycles. The normalized spacial score (nSPS) is 11.4. The molecule has 0 bridgehead atoms. The van der Waals surface area contributed by atoms with E-state index in [2.05, 4.69) is 0 Å². The standard InChI is InChI=1S/C12H14ClNOS/c1-9(15)12(8-14(2)3)16-11-6-4-10(13)5-7-11/h4-8H,1-3H3. The monoisotopic (exact) mass is 255 g/mol. The van der Waals surface area contributed by atoms with Crippen LogP contribution >= 0.6 is 23.4 Å². The molecular formula is C12H14ClNOS. The Kier molecular flexibility index (Phi) is 4.90. The van der Waals surface area contributed by atoms with Crippen LogP contribution in [0.3, 0.4) is 0 Å². The number of carbonyl (C=O) groups is 1. The fourth-order valence-corrected chi connectivity index (χ4v) is 2.11. The zero-order valence-electron chi connectivity index (χ0n) is 9.53. The van der Waals surface area contributed by atoms with Crippen LogP contribution in [0.4, 0.5) is 0 Å². The lowest BCUT2D eigenvalue weighted by molar-refractivity contribution is -0.113. The van der Waals surface area contributed by atoms with Gasteiger partial charge in [-0.1, -0.05) is 23.4 Å². The van der Waals surface area contributed by atoms with Gasteiger partial charge in [0.1, 0.15) is 0 Å². The van der Waals surface area contributed by atoms with Gasteiger partial charge < -0.3 is 4.90 Å². The van der Waals surface area contributed by atoms with Crippen molar-refractivity contribution >= 4 is 29.1 Å². The van der Waals surface area contributed by atoms with Crippen LogP contribution in [0.2, 0.25) is 5.02 Å². The average Bonchev–Trinajstić information content (AvgIpc) is 2.19. The molecule has 0 aliphatic rings. The Hall–Kier alpha value is -0.930. The molecule has 1 aromatic rings. The van der Waals surface area contributed by atoms with Crippen LogP contribution in [0.15, 0.2) is 40.3 Å². The molecule has 0 atom stereocenters. The Morgan fingerprint density at radius 3 is 2.31 bits per heavy atom. The second-order valence-electron chi connectivity index (χ2n) is 3.57. The van der Waals surface area contributed by atoms with Gasteiger partial charge in [0.05, 0.1) is 4.91 Å². The van der Waals surface area contributed by atoms with Crippen molar-refractivity contribution < 1.29 is 4.79 Å². The topological polar surface area (TPSA) is 20.3 Å². The third-order valence-corrected chi connectivity index (χ3v) is 3.14. The van der Waals surface area contributed by atoms with Gasteiger partial charge in [0, 0.05) is 30.2 Å². The van der Waals surface area contributed by atoms with Crippen LogP contribution in [0.25, 0.3) is 0 Å². The minimum absolute atomic E-state index is 0.0636. The summed E-state index contributed by atoms with van der Waals surface area (Å²) in [6, 6.07) is 7.44. The van der Waals surface area contributed by atoms with E-state index in [1.54, 1.807) is 6.92 Å². The van der Waals surface area contributed by atoms with E-state index in [1.807, 2.05) is 49.5 Å². The molecule has 0 fully saturated rings. The van der Waals surface area contributed by atoms with Crippen LogP contribution < -0.4 is 0 Å². The maximum absolute atomic E-state index is 11.4. The fourth-order valence-electron chi connectivity index (χ4n) is 1.05. The van der Waals surface area contributed by atoms with Gasteiger partial charge in [0.25, 0.3) is 0 Å². The number of rotatable bonds is 4. The molecule has 0 spiro atoms. The summed E-state index contributed by atoms with van der Waals surface area (Å²) in [4.78, 5) is 15.0. The molecule has 4 heteroatoms. The first-order chi connectivity index (χ1) is 7.49. The van der Waals surface area contributed by atoms with E-state index < -0.39 is 0 Å². The molecule has 0 unspecified atom stereocenters. The van der Waals surface area contributed by atoms with E-state index in [0.29, 0.717) is 9.93 Å². The summed E-state index contributed by atoms with van der Waals surface area (Å²) in [5.41, 5.74) is 0. The summed E-state index contributed by atoms with van der Waals surface area (Å²) in [6.07, 6.45) is 1.82. The van der Waals surface area contributed by atoms with Crippen molar-refractivity contribution in [2.45, 2.75) is 11.8 Å². The van der Waals surface area contributed by atoms with E-state index in [-0.39, 0.29) is 5.78 Å². The van der Waals surface area contributed by atoms with Crippen LogP contribution in [0, 0.1) is 0 Å². The number of hydrogen-bond donors (Lipinski definition) is 0. The molecular weight excluding hydrogens is 242 g/mol. The number of nitrogens with zero attached hydrogens (tertiary/aromatic N) is 1. The molecule has 0 saturated carbocycles. The Morgan fingerprint density at radius 1 is 1.31 bits per heavy atom. The van der Waals surface area contributed by atoms with Crippen LogP contribution in [-0.2, 0) is 4.79 Å². The molecule has 2 nitrogen and oxygen atoms in total. The summed E-state index contributed by atoms with van der Waals surface area (Å²) >= 11 is 7.24. The van der Waals surface area contributed by atoms with Gasteiger partial charge in [-0.25, -0.2) is 0 Å². The van der Waals surface area contributed by atoms with E-state index in [0.717, 1.165) is 4.90 Å². The van der Waals surface area contributed by atoms with Gasteiger partial charge in [-0.05, 0) is 31.2 Å². The number of ketones is 1. The number of allylic oxidation sites excluding steroid dienone is 1. The van der Waals surface area contributed by atoms with Gasteiger partial charge in [-0.2, -0.15) is 0 Å². The Labute approximate surface area is 105 Å². The highest BCUT2D eigenvalue weighted by atomic mass is 35.5. The molecule has 1 aromatic carbocycles. The maximum atomic E-state index is 11.4. The van der Waals surface area contributed by atoms with E-state index >= 15 is 0 Å². The van der Waals surface area contributed by atoms with Crippen molar-refractivity contribution in [3.05, 3.63) is 40.4 Å². The summed E-state index contributed by atoms with van der Waals surface area (Å²) < 4.78 is 0. The van der Waals surface area contributed by atoms with Gasteiger partial charge in [0.2, 0.25) is 0 Å². The molecule has 16 heavy (non-hydrogen) atoms. The Morgan fingerprint density at radius 2 is 1.88 bits per heavy atom.